The molecular weight excluding hydrogens is 354 g/mol. The molecule has 134 valence electrons. The van der Waals surface area contributed by atoms with Crippen LogP contribution >= 0.6 is 11.3 Å². The Morgan fingerprint density at radius 3 is 2.30 bits per heavy atom. The van der Waals surface area contributed by atoms with E-state index < -0.39 is 0 Å². The minimum Gasteiger partial charge on any atom is -0.378 e. The van der Waals surface area contributed by atoms with E-state index in [2.05, 4.69) is 68.8 Å². The molecule has 4 aromatic rings. The Morgan fingerprint density at radius 1 is 0.815 bits per heavy atom. The van der Waals surface area contributed by atoms with Crippen molar-refractivity contribution in [1.29, 1.82) is 0 Å². The van der Waals surface area contributed by atoms with Crippen molar-refractivity contribution >= 4 is 27.4 Å². The van der Waals surface area contributed by atoms with Crippen LogP contribution in [-0.2, 0) is 4.74 Å². The summed E-state index contributed by atoms with van der Waals surface area (Å²) in [6.07, 6.45) is 1.67. The van der Waals surface area contributed by atoms with Crippen LogP contribution in [-0.4, -0.2) is 36.3 Å². The predicted molar refractivity (Wildman–Crippen MR) is 111 cm³/mol. The average molecular weight is 373 g/mol. The van der Waals surface area contributed by atoms with Gasteiger partial charge in [-0.1, -0.05) is 54.6 Å². The van der Waals surface area contributed by atoms with Crippen LogP contribution in [0.5, 0.6) is 0 Å². The maximum absolute atomic E-state index is 5.50. The van der Waals surface area contributed by atoms with Crippen molar-refractivity contribution in [3.05, 3.63) is 66.3 Å². The standard InChI is InChI=1S/C22H19N3OS/c1-2-4-16(5-3-1)17-6-8-18(9-7-17)19-14-27-22-20(19)21(23-15-24-22)25-10-12-26-13-11-25/h1-9,14-15H,10-13H2. The SMILES string of the molecule is c1ccc(-c2ccc(-c3csc4ncnc(N5CCOCC5)c34)cc2)cc1. The van der Waals surface area contributed by atoms with Crippen LogP contribution in [0.25, 0.3) is 32.5 Å². The first-order chi connectivity index (χ1) is 13.4. The summed E-state index contributed by atoms with van der Waals surface area (Å²) >= 11 is 1.68. The molecule has 2 aromatic heterocycles. The molecule has 0 saturated carbocycles. The minimum absolute atomic E-state index is 0.747. The molecule has 1 saturated heterocycles. The number of anilines is 1. The topological polar surface area (TPSA) is 38.2 Å². The van der Waals surface area contributed by atoms with Gasteiger partial charge < -0.3 is 9.64 Å². The maximum Gasteiger partial charge on any atom is 0.141 e. The fourth-order valence-corrected chi connectivity index (χ4v) is 4.47. The number of ether oxygens (including phenoxy) is 1. The molecular formula is C22H19N3OS. The van der Waals surface area contributed by atoms with Crippen LogP contribution in [0, 0.1) is 0 Å². The summed E-state index contributed by atoms with van der Waals surface area (Å²) in [4.78, 5) is 12.5. The molecule has 0 unspecified atom stereocenters. The molecule has 0 bridgehead atoms. The van der Waals surface area contributed by atoms with Gasteiger partial charge in [-0.15, -0.1) is 11.3 Å². The molecule has 27 heavy (non-hydrogen) atoms. The number of hydrogen-bond donors (Lipinski definition) is 0. The van der Waals surface area contributed by atoms with E-state index in [1.54, 1.807) is 17.7 Å². The number of rotatable bonds is 3. The fraction of sp³-hybridized carbons (Fsp3) is 0.182. The number of fused-ring (bicyclic) bond motifs is 1. The van der Waals surface area contributed by atoms with E-state index in [9.17, 15) is 0 Å². The Hall–Kier alpha value is -2.76. The molecule has 1 aliphatic heterocycles. The Balaban J connectivity index is 1.57. The third-order valence-corrected chi connectivity index (χ3v) is 5.85. The summed E-state index contributed by atoms with van der Waals surface area (Å²) in [6, 6.07) is 19.2. The summed E-state index contributed by atoms with van der Waals surface area (Å²) in [5.74, 6) is 1.02. The van der Waals surface area contributed by atoms with Crippen LogP contribution in [0.1, 0.15) is 0 Å². The summed E-state index contributed by atoms with van der Waals surface area (Å²) in [6.45, 7) is 3.23. The molecule has 0 atom stereocenters. The lowest BCUT2D eigenvalue weighted by Gasteiger charge is -2.28. The highest BCUT2D eigenvalue weighted by atomic mass is 32.1. The highest BCUT2D eigenvalue weighted by Crippen LogP contribution is 2.38. The molecule has 3 heterocycles. The van der Waals surface area contributed by atoms with Gasteiger partial charge in [-0.05, 0) is 16.7 Å². The third kappa shape index (κ3) is 3.09. The number of nitrogens with zero attached hydrogens (tertiary/aromatic N) is 3. The molecule has 0 radical (unpaired) electrons. The van der Waals surface area contributed by atoms with Crippen LogP contribution in [0.15, 0.2) is 66.3 Å². The van der Waals surface area contributed by atoms with Gasteiger partial charge in [0.05, 0.1) is 18.6 Å². The van der Waals surface area contributed by atoms with E-state index in [-0.39, 0.29) is 0 Å². The Kier molecular flexibility index (Phi) is 4.32. The largest absolute Gasteiger partial charge is 0.378 e. The monoisotopic (exact) mass is 373 g/mol. The van der Waals surface area contributed by atoms with Crippen molar-refractivity contribution in [2.75, 3.05) is 31.2 Å². The van der Waals surface area contributed by atoms with Gasteiger partial charge in [-0.3, -0.25) is 0 Å². The van der Waals surface area contributed by atoms with Gasteiger partial charge in [0.1, 0.15) is 17.0 Å². The van der Waals surface area contributed by atoms with Crippen molar-refractivity contribution in [2.24, 2.45) is 0 Å². The Bertz CT molecular complexity index is 1050. The summed E-state index contributed by atoms with van der Waals surface area (Å²) in [5.41, 5.74) is 4.86. The Labute approximate surface area is 162 Å². The second-order valence-corrected chi connectivity index (χ2v) is 7.43. The lowest BCUT2D eigenvalue weighted by Crippen LogP contribution is -2.36. The molecule has 4 nitrogen and oxygen atoms in total. The normalized spacial score (nSPS) is 14.6. The van der Waals surface area contributed by atoms with Crippen LogP contribution in [0.3, 0.4) is 0 Å². The van der Waals surface area contributed by atoms with Gasteiger partial charge in [0, 0.05) is 24.0 Å². The van der Waals surface area contributed by atoms with Crippen LogP contribution < -0.4 is 4.90 Å². The smallest absolute Gasteiger partial charge is 0.141 e. The van der Waals surface area contributed by atoms with E-state index in [4.69, 9.17) is 4.74 Å². The molecule has 1 aliphatic rings. The number of benzene rings is 2. The molecule has 0 spiro atoms. The quantitative estimate of drug-likeness (QED) is 0.514. The molecule has 2 aromatic carbocycles. The second-order valence-electron chi connectivity index (χ2n) is 6.57. The van der Waals surface area contributed by atoms with Gasteiger partial charge in [0.15, 0.2) is 0 Å². The summed E-state index contributed by atoms with van der Waals surface area (Å²) < 4.78 is 5.50. The zero-order valence-electron chi connectivity index (χ0n) is 14.8. The van der Waals surface area contributed by atoms with E-state index in [0.29, 0.717) is 0 Å². The van der Waals surface area contributed by atoms with Crippen LogP contribution in [0.4, 0.5) is 5.82 Å². The molecule has 5 heteroatoms. The summed E-state index contributed by atoms with van der Waals surface area (Å²) in [5, 5.41) is 3.35. The molecule has 1 fully saturated rings. The lowest BCUT2D eigenvalue weighted by molar-refractivity contribution is 0.122. The van der Waals surface area contributed by atoms with Gasteiger partial charge >= 0.3 is 0 Å². The van der Waals surface area contributed by atoms with E-state index in [0.717, 1.165) is 42.3 Å². The van der Waals surface area contributed by atoms with E-state index >= 15 is 0 Å². The van der Waals surface area contributed by atoms with Gasteiger partial charge in [0.2, 0.25) is 0 Å². The van der Waals surface area contributed by atoms with E-state index in [1.807, 2.05) is 6.07 Å². The van der Waals surface area contributed by atoms with E-state index in [1.165, 1.54) is 22.3 Å². The van der Waals surface area contributed by atoms with Crippen LogP contribution in [0.2, 0.25) is 0 Å². The van der Waals surface area contributed by atoms with Gasteiger partial charge in [0.25, 0.3) is 0 Å². The summed E-state index contributed by atoms with van der Waals surface area (Å²) in [7, 11) is 0. The first kappa shape index (κ1) is 16.4. The number of hydrogen-bond acceptors (Lipinski definition) is 5. The number of aromatic nitrogens is 2. The first-order valence-electron chi connectivity index (χ1n) is 9.11. The lowest BCUT2D eigenvalue weighted by atomic mass is 10.0. The highest BCUT2D eigenvalue weighted by molar-refractivity contribution is 7.17. The average Bonchev–Trinajstić information content (AvgIpc) is 3.19. The predicted octanol–water partition coefficient (Wildman–Crippen LogP) is 4.86. The first-order valence-corrected chi connectivity index (χ1v) is 9.99. The van der Waals surface area contributed by atoms with Crippen molar-refractivity contribution in [1.82, 2.24) is 9.97 Å². The maximum atomic E-state index is 5.50. The highest BCUT2D eigenvalue weighted by Gasteiger charge is 2.19. The number of thiophene rings is 1. The van der Waals surface area contributed by atoms with Crippen molar-refractivity contribution in [3.63, 3.8) is 0 Å². The molecule has 5 rings (SSSR count). The number of morpholine rings is 1. The Morgan fingerprint density at radius 2 is 1.52 bits per heavy atom. The van der Waals surface area contributed by atoms with Gasteiger partial charge in [-0.2, -0.15) is 0 Å². The van der Waals surface area contributed by atoms with Gasteiger partial charge in [-0.25, -0.2) is 9.97 Å². The second kappa shape index (κ2) is 7.10. The minimum atomic E-state index is 0.747. The molecule has 0 aliphatic carbocycles. The van der Waals surface area contributed by atoms with Crippen molar-refractivity contribution < 1.29 is 4.74 Å². The fourth-order valence-electron chi connectivity index (χ4n) is 3.56. The third-order valence-electron chi connectivity index (χ3n) is 4.96. The zero-order chi connectivity index (χ0) is 18.1. The van der Waals surface area contributed by atoms with Crippen molar-refractivity contribution in [2.45, 2.75) is 0 Å². The molecule has 0 amide bonds. The van der Waals surface area contributed by atoms with Crippen molar-refractivity contribution in [3.8, 4) is 22.3 Å². The zero-order valence-corrected chi connectivity index (χ0v) is 15.7. The molecule has 0 N–H and O–H groups in total.